The minimum Gasteiger partial charge on any atom is -0.384 e. The molecule has 0 bridgehead atoms. The fraction of sp³-hybridized carbons (Fsp3) is 0.857. The Hall–Kier alpha value is -0.0800. The molecular formula is C7H13NO. The van der Waals surface area contributed by atoms with Gasteiger partial charge in [-0.3, -0.25) is 0 Å². The van der Waals surface area contributed by atoms with E-state index in [2.05, 4.69) is 11.9 Å². The highest BCUT2D eigenvalue weighted by atomic mass is 16.3. The molecule has 0 aromatic carbocycles. The molecule has 2 heteroatoms. The van der Waals surface area contributed by atoms with Crippen molar-refractivity contribution in [1.29, 1.82) is 0 Å². The maximum Gasteiger partial charge on any atom is 0.129 e. The van der Waals surface area contributed by atoms with Crippen molar-refractivity contribution in [2.45, 2.75) is 31.7 Å². The van der Waals surface area contributed by atoms with Gasteiger partial charge in [0.25, 0.3) is 0 Å². The second kappa shape index (κ2) is 3.85. The molecule has 52 valence electrons. The third-order valence-corrected chi connectivity index (χ3v) is 1.75. The Bertz CT molecular complexity index is 66.6. The number of hydrogen-bond acceptors (Lipinski definition) is 2. The highest BCUT2D eigenvalue weighted by Crippen LogP contribution is 2.09. The average Bonchev–Trinajstić information content (AvgIpc) is 1.91. The first-order valence-corrected chi connectivity index (χ1v) is 3.54. The molecule has 1 heterocycles. The van der Waals surface area contributed by atoms with Crippen LogP contribution in [0.5, 0.6) is 0 Å². The van der Waals surface area contributed by atoms with Crippen LogP contribution in [0, 0.1) is 6.61 Å². The van der Waals surface area contributed by atoms with Gasteiger partial charge < -0.3 is 10.4 Å². The third kappa shape index (κ3) is 2.33. The van der Waals surface area contributed by atoms with Crippen LogP contribution in [0.25, 0.3) is 0 Å². The molecule has 0 saturated carbocycles. The van der Waals surface area contributed by atoms with Crippen LogP contribution >= 0.6 is 0 Å². The van der Waals surface area contributed by atoms with Crippen molar-refractivity contribution in [3.8, 4) is 0 Å². The lowest BCUT2D eigenvalue weighted by Crippen LogP contribution is -2.33. The van der Waals surface area contributed by atoms with Crippen molar-refractivity contribution in [2.24, 2.45) is 0 Å². The molecule has 1 rings (SSSR count). The van der Waals surface area contributed by atoms with Crippen LogP contribution in [0.2, 0.25) is 0 Å². The van der Waals surface area contributed by atoms with Crippen molar-refractivity contribution in [2.75, 3.05) is 6.54 Å². The van der Waals surface area contributed by atoms with Gasteiger partial charge in [-0.15, -0.1) is 0 Å². The predicted molar refractivity (Wildman–Crippen MR) is 35.4 cm³/mol. The average molecular weight is 127 g/mol. The predicted octanol–water partition coefficient (Wildman–Crippen LogP) is 0.930. The standard InChI is InChI=1S/C7H13NO/c9-6-4-7-3-1-2-5-8-7/h7-9H,1-5H2. The van der Waals surface area contributed by atoms with Gasteiger partial charge in [-0.1, -0.05) is 6.42 Å². The van der Waals surface area contributed by atoms with Crippen LogP contribution in [-0.2, 0) is 0 Å². The Labute approximate surface area is 56.3 Å². The Balaban J connectivity index is 2.08. The normalized spacial score (nSPS) is 28.3. The Kier molecular flexibility index (Phi) is 3.01. The van der Waals surface area contributed by atoms with E-state index in [1.807, 2.05) is 0 Å². The Morgan fingerprint density at radius 1 is 1.56 bits per heavy atom. The zero-order valence-electron chi connectivity index (χ0n) is 5.56. The molecule has 1 fully saturated rings. The molecule has 1 atom stereocenters. The lowest BCUT2D eigenvalue weighted by molar-refractivity contribution is 0.316. The summed E-state index contributed by atoms with van der Waals surface area (Å²) in [7, 11) is 0. The smallest absolute Gasteiger partial charge is 0.129 e. The Morgan fingerprint density at radius 3 is 3.00 bits per heavy atom. The van der Waals surface area contributed by atoms with Crippen molar-refractivity contribution in [3.05, 3.63) is 6.61 Å². The topological polar surface area (TPSA) is 32.3 Å². The molecule has 0 amide bonds. The molecule has 0 spiro atoms. The second-order valence-electron chi connectivity index (χ2n) is 2.51. The van der Waals surface area contributed by atoms with Gasteiger partial charge in [0.2, 0.25) is 0 Å². The maximum absolute atomic E-state index is 8.33. The number of piperidine rings is 1. The molecule has 1 aliphatic heterocycles. The van der Waals surface area contributed by atoms with Gasteiger partial charge in [0.15, 0.2) is 0 Å². The fourth-order valence-corrected chi connectivity index (χ4v) is 1.21. The quantitative estimate of drug-likeness (QED) is 0.578. The summed E-state index contributed by atoms with van der Waals surface area (Å²) in [6.45, 7) is 3.28. The van der Waals surface area contributed by atoms with Gasteiger partial charge in [-0.25, -0.2) is 0 Å². The summed E-state index contributed by atoms with van der Waals surface area (Å²) >= 11 is 0. The van der Waals surface area contributed by atoms with E-state index >= 15 is 0 Å². The van der Waals surface area contributed by atoms with Gasteiger partial charge in [0.05, 0.1) is 0 Å². The maximum atomic E-state index is 8.33. The lowest BCUT2D eigenvalue weighted by Gasteiger charge is -2.21. The van der Waals surface area contributed by atoms with Crippen molar-refractivity contribution in [1.82, 2.24) is 5.32 Å². The summed E-state index contributed by atoms with van der Waals surface area (Å²) in [6, 6.07) is 0.490. The molecule has 0 aliphatic carbocycles. The first kappa shape index (κ1) is 7.03. The largest absolute Gasteiger partial charge is 0.384 e. The van der Waals surface area contributed by atoms with Crippen LogP contribution in [0.15, 0.2) is 0 Å². The number of hydrogen-bond donors (Lipinski definition) is 2. The molecule has 2 radical (unpaired) electrons. The minimum atomic E-state index is 0.490. The summed E-state index contributed by atoms with van der Waals surface area (Å²) in [5.74, 6) is 0. The molecule has 1 saturated heterocycles. The van der Waals surface area contributed by atoms with Crippen molar-refractivity contribution in [3.63, 3.8) is 0 Å². The zero-order valence-corrected chi connectivity index (χ0v) is 5.56. The number of aliphatic hydroxyl groups is 1. The molecule has 0 aromatic rings. The van der Waals surface area contributed by atoms with E-state index in [-0.39, 0.29) is 0 Å². The number of rotatable bonds is 2. The highest BCUT2D eigenvalue weighted by molar-refractivity contribution is 4.73. The van der Waals surface area contributed by atoms with E-state index in [0.29, 0.717) is 12.5 Å². The first-order valence-electron chi connectivity index (χ1n) is 3.54. The van der Waals surface area contributed by atoms with Gasteiger partial charge >= 0.3 is 0 Å². The van der Waals surface area contributed by atoms with Crippen LogP contribution in [0.4, 0.5) is 0 Å². The van der Waals surface area contributed by atoms with Crippen LogP contribution in [0.3, 0.4) is 0 Å². The monoisotopic (exact) mass is 127 g/mol. The van der Waals surface area contributed by atoms with E-state index < -0.39 is 0 Å². The van der Waals surface area contributed by atoms with Crippen molar-refractivity contribution < 1.29 is 5.11 Å². The summed E-state index contributed by atoms with van der Waals surface area (Å²) in [5.41, 5.74) is 0. The van der Waals surface area contributed by atoms with Crippen LogP contribution in [-0.4, -0.2) is 17.7 Å². The zero-order chi connectivity index (χ0) is 6.53. The minimum absolute atomic E-state index is 0.490. The molecule has 9 heavy (non-hydrogen) atoms. The summed E-state index contributed by atoms with van der Waals surface area (Å²) < 4.78 is 0. The highest BCUT2D eigenvalue weighted by Gasteiger charge is 2.10. The SMILES string of the molecule is O[C]CC1CCCCN1. The lowest BCUT2D eigenvalue weighted by atomic mass is 10.0. The summed E-state index contributed by atoms with van der Waals surface area (Å²) in [4.78, 5) is 0. The molecule has 1 unspecified atom stereocenters. The van der Waals surface area contributed by atoms with Crippen LogP contribution in [0.1, 0.15) is 25.7 Å². The van der Waals surface area contributed by atoms with Gasteiger partial charge in [-0.05, 0) is 25.8 Å². The summed E-state index contributed by atoms with van der Waals surface area (Å²) in [5, 5.41) is 11.6. The Morgan fingerprint density at radius 2 is 2.44 bits per heavy atom. The number of aliphatic hydroxyl groups excluding tert-OH is 1. The van der Waals surface area contributed by atoms with E-state index in [1.54, 1.807) is 0 Å². The fourth-order valence-electron chi connectivity index (χ4n) is 1.21. The summed E-state index contributed by atoms with van der Waals surface area (Å²) in [6.07, 6.45) is 4.44. The molecular weight excluding hydrogens is 114 g/mol. The van der Waals surface area contributed by atoms with Gasteiger partial charge in [0.1, 0.15) is 6.61 Å². The van der Waals surface area contributed by atoms with Gasteiger partial charge in [0, 0.05) is 6.04 Å². The van der Waals surface area contributed by atoms with Crippen molar-refractivity contribution >= 4 is 0 Å². The van der Waals surface area contributed by atoms with Crippen LogP contribution < -0.4 is 5.32 Å². The molecule has 1 aliphatic rings. The molecule has 0 aromatic heterocycles. The van der Waals surface area contributed by atoms with Gasteiger partial charge in [-0.2, -0.15) is 0 Å². The third-order valence-electron chi connectivity index (χ3n) is 1.75. The second-order valence-corrected chi connectivity index (χ2v) is 2.51. The number of nitrogens with one attached hydrogen (secondary N) is 1. The molecule has 2 N–H and O–H groups in total. The van der Waals surface area contributed by atoms with E-state index in [0.717, 1.165) is 6.54 Å². The van der Waals surface area contributed by atoms with E-state index in [9.17, 15) is 0 Å². The molecule has 2 nitrogen and oxygen atoms in total. The van der Waals surface area contributed by atoms with E-state index in [1.165, 1.54) is 19.3 Å². The first-order chi connectivity index (χ1) is 4.43. The van der Waals surface area contributed by atoms with E-state index in [4.69, 9.17) is 5.11 Å².